The van der Waals surface area contributed by atoms with Gasteiger partial charge >= 0.3 is 0 Å². The molecule has 0 aliphatic rings. The van der Waals surface area contributed by atoms with Gasteiger partial charge in [-0.15, -0.1) is 0 Å². The van der Waals surface area contributed by atoms with Gasteiger partial charge in [-0.3, -0.25) is 4.57 Å². The van der Waals surface area contributed by atoms with Gasteiger partial charge in [-0.25, -0.2) is 9.97 Å². The molecule has 9 aromatic rings. The molecule has 0 bridgehead atoms. The highest BCUT2D eigenvalue weighted by molar-refractivity contribution is 7.19. The van der Waals surface area contributed by atoms with E-state index in [-0.39, 0.29) is 0 Å². The Hall–Kier alpha value is -6.30. The highest BCUT2D eigenvalue weighted by Gasteiger charge is 2.28. The topological polar surface area (TPSA) is 43.9 Å². The summed E-state index contributed by atoms with van der Waals surface area (Å²) in [6, 6.07) is 63.4. The van der Waals surface area contributed by atoms with Crippen LogP contribution < -0.4 is 20.7 Å². The fourth-order valence-corrected chi connectivity index (χ4v) is 12.0. The maximum absolute atomic E-state index is 5.68. The molecule has 0 spiro atoms. The molecule has 0 aliphatic heterocycles. The Morgan fingerprint density at radius 2 is 1.00 bits per heavy atom. The summed E-state index contributed by atoms with van der Waals surface area (Å²) in [6.07, 6.45) is 3.41. The van der Waals surface area contributed by atoms with Crippen LogP contribution in [-0.2, 0) is 0 Å². The molecule has 0 atom stereocenters. The van der Waals surface area contributed by atoms with Crippen molar-refractivity contribution < 1.29 is 4.42 Å². The van der Waals surface area contributed by atoms with Crippen LogP contribution in [0, 0.1) is 0 Å². The molecule has 0 amide bonds. The molecule has 0 fully saturated rings. The van der Waals surface area contributed by atoms with E-state index in [0.717, 1.165) is 50.1 Å². The molecule has 7 aromatic carbocycles. The Labute approximate surface area is 285 Å². The lowest BCUT2D eigenvalue weighted by molar-refractivity contribution is 0.602. The van der Waals surface area contributed by atoms with Gasteiger partial charge in [0, 0.05) is 5.56 Å². The summed E-state index contributed by atoms with van der Waals surface area (Å²) in [6.45, 7) is 0. The lowest BCUT2D eigenvalue weighted by Crippen LogP contribution is -2.74. The monoisotopic (exact) mass is 645 g/mol. The van der Waals surface area contributed by atoms with Crippen LogP contribution in [-0.4, -0.2) is 22.6 Å². The van der Waals surface area contributed by atoms with E-state index < -0.39 is 8.07 Å². The predicted molar refractivity (Wildman–Crippen MR) is 203 cm³/mol. The van der Waals surface area contributed by atoms with Crippen molar-refractivity contribution in [3.63, 3.8) is 0 Å². The molecular formula is C44H31N3OSi-. The van der Waals surface area contributed by atoms with Crippen LogP contribution in [0.2, 0.25) is 0 Å². The molecule has 2 heterocycles. The molecule has 233 valence electrons. The van der Waals surface area contributed by atoms with Crippen LogP contribution in [0.15, 0.2) is 193 Å². The Morgan fingerprint density at radius 1 is 0.449 bits per heavy atom. The largest absolute Gasteiger partial charge is 0.443 e. The van der Waals surface area contributed by atoms with E-state index in [1.54, 1.807) is 0 Å². The fraction of sp³-hybridized carbons (Fsp3) is 0. The average Bonchev–Trinajstić information content (AvgIpc) is 3.83. The minimum absolute atomic E-state index is 0.761. The van der Waals surface area contributed by atoms with E-state index in [0.29, 0.717) is 0 Å². The second-order valence-corrected chi connectivity index (χ2v) is 16.1. The van der Waals surface area contributed by atoms with Gasteiger partial charge in [-0.2, -0.15) is 20.7 Å². The smallest absolute Gasteiger partial charge is 0.181 e. The predicted octanol–water partition coefficient (Wildman–Crippen LogP) is 7.88. The molecular weight excluding hydrogens is 615 g/mol. The van der Waals surface area contributed by atoms with Crippen LogP contribution in [0.3, 0.4) is 0 Å². The zero-order chi connectivity index (χ0) is 32.6. The third-order valence-electron chi connectivity index (χ3n) is 9.61. The van der Waals surface area contributed by atoms with Gasteiger partial charge < -0.3 is 4.42 Å². The fourth-order valence-electron chi connectivity index (χ4n) is 7.30. The van der Waals surface area contributed by atoms with E-state index in [1.165, 1.54) is 27.1 Å². The number of rotatable bonds is 7. The van der Waals surface area contributed by atoms with Crippen molar-refractivity contribution >= 4 is 51.0 Å². The maximum Gasteiger partial charge on any atom is 0.181 e. The number of oxazole rings is 1. The van der Waals surface area contributed by atoms with Crippen LogP contribution in [0.4, 0.5) is 0 Å². The zero-order valence-electron chi connectivity index (χ0n) is 26.6. The highest BCUT2D eigenvalue weighted by Crippen LogP contribution is 2.34. The van der Waals surface area contributed by atoms with Gasteiger partial charge in [0.15, 0.2) is 12.0 Å². The van der Waals surface area contributed by atoms with Crippen LogP contribution in [0.1, 0.15) is 0 Å². The highest BCUT2D eigenvalue weighted by atomic mass is 28.3. The first-order chi connectivity index (χ1) is 24.3. The summed E-state index contributed by atoms with van der Waals surface area (Å²) >= 11 is 0. The van der Waals surface area contributed by atoms with Gasteiger partial charge in [0.2, 0.25) is 0 Å². The molecule has 0 saturated heterocycles. The van der Waals surface area contributed by atoms with Gasteiger partial charge in [0.25, 0.3) is 0 Å². The van der Waals surface area contributed by atoms with Gasteiger partial charge in [0.1, 0.15) is 11.8 Å². The molecule has 0 aliphatic carbocycles. The van der Waals surface area contributed by atoms with Crippen molar-refractivity contribution in [2.45, 2.75) is 0 Å². The lowest BCUT2D eigenvalue weighted by atomic mass is 10.0. The van der Waals surface area contributed by atoms with Crippen LogP contribution >= 0.6 is 0 Å². The molecule has 2 aromatic heterocycles. The molecule has 0 N–H and O–H groups in total. The summed E-state index contributed by atoms with van der Waals surface area (Å²) < 4.78 is 7.83. The first-order valence-electron chi connectivity index (χ1n) is 16.5. The normalized spacial score (nSPS) is 11.7. The minimum Gasteiger partial charge on any atom is -0.443 e. The second kappa shape index (κ2) is 12.1. The van der Waals surface area contributed by atoms with Gasteiger partial charge in [-0.05, 0) is 49.0 Å². The SMILES string of the molecule is c1ccc(-c2cc3ocnc3cc2-n2cnc3cc(-c4ccc([Si-](c5ccccc5)(c5ccccc5)c5ccccc5)cc4)ccc32)cc1. The molecule has 0 saturated carbocycles. The van der Waals surface area contributed by atoms with Crippen molar-refractivity contribution in [3.8, 4) is 27.9 Å². The molecule has 5 heteroatoms. The molecule has 0 unspecified atom stereocenters. The molecule has 9 rings (SSSR count). The Morgan fingerprint density at radius 3 is 1.61 bits per heavy atom. The van der Waals surface area contributed by atoms with Crippen molar-refractivity contribution in [1.29, 1.82) is 0 Å². The zero-order valence-corrected chi connectivity index (χ0v) is 27.6. The number of nitrogens with zero attached hydrogens (tertiary/aromatic N) is 3. The molecule has 49 heavy (non-hydrogen) atoms. The van der Waals surface area contributed by atoms with Crippen molar-refractivity contribution in [2.24, 2.45) is 0 Å². The Kier molecular flexibility index (Phi) is 7.10. The summed E-state index contributed by atoms with van der Waals surface area (Å²) in [4.78, 5) is 9.33. The standard InChI is InChI=1S/C44H31N3OSi/c1-5-13-33(14-6-1)39-28-44-41(46-31-48-44)29-43(39)47-30-45-40-27-34(23-26-42(40)47)32-21-24-38(25-22-32)49(35-15-7-2-8-16-35,36-17-9-3-10-18-36)37-19-11-4-12-20-37/h1-31H/q-1. The van der Waals surface area contributed by atoms with Gasteiger partial charge in [0.05, 0.1) is 16.7 Å². The maximum atomic E-state index is 5.68. The van der Waals surface area contributed by atoms with Crippen molar-refractivity contribution in [1.82, 2.24) is 14.5 Å². The summed E-state index contributed by atoms with van der Waals surface area (Å²) in [5, 5.41) is 5.45. The van der Waals surface area contributed by atoms with Crippen LogP contribution in [0.5, 0.6) is 0 Å². The number of aromatic nitrogens is 3. The quantitative estimate of drug-likeness (QED) is 0.131. The summed E-state index contributed by atoms with van der Waals surface area (Å²) in [5.41, 5.74) is 9.01. The van der Waals surface area contributed by atoms with Crippen molar-refractivity contribution in [2.75, 3.05) is 0 Å². The van der Waals surface area contributed by atoms with E-state index in [4.69, 9.17) is 9.40 Å². The molecule has 0 radical (unpaired) electrons. The number of benzene rings is 7. The van der Waals surface area contributed by atoms with Gasteiger partial charge in [-0.1, -0.05) is 152 Å². The Balaban J connectivity index is 1.14. The number of fused-ring (bicyclic) bond motifs is 2. The number of imidazole rings is 1. The van der Waals surface area contributed by atoms with E-state index in [9.17, 15) is 0 Å². The molecule has 4 nitrogen and oxygen atoms in total. The summed E-state index contributed by atoms with van der Waals surface area (Å²) in [5.74, 6) is 0. The van der Waals surface area contributed by atoms with E-state index in [1.807, 2.05) is 12.4 Å². The van der Waals surface area contributed by atoms with E-state index >= 15 is 0 Å². The van der Waals surface area contributed by atoms with Crippen LogP contribution in [0.25, 0.3) is 50.1 Å². The minimum atomic E-state index is -2.58. The number of hydrogen-bond donors (Lipinski definition) is 0. The first-order valence-corrected chi connectivity index (χ1v) is 18.5. The van der Waals surface area contributed by atoms with E-state index in [2.05, 4.69) is 179 Å². The second-order valence-electron chi connectivity index (χ2n) is 12.3. The Bertz CT molecular complexity index is 2430. The first kappa shape index (κ1) is 28.9. The van der Waals surface area contributed by atoms with Crippen molar-refractivity contribution in [3.05, 3.63) is 189 Å². The number of hydrogen-bond acceptors (Lipinski definition) is 3. The third kappa shape index (κ3) is 4.91. The lowest BCUT2D eigenvalue weighted by Gasteiger charge is -2.47. The average molecular weight is 646 g/mol. The third-order valence-corrected chi connectivity index (χ3v) is 14.4. The summed E-state index contributed by atoms with van der Waals surface area (Å²) in [7, 11) is -2.58.